The van der Waals surface area contributed by atoms with E-state index in [1.54, 1.807) is 6.07 Å². The zero-order valence-corrected chi connectivity index (χ0v) is 7.80. The Kier molecular flexibility index (Phi) is 3.50. The van der Waals surface area contributed by atoms with E-state index in [1.807, 2.05) is 19.9 Å². The number of hydrogen-bond acceptors (Lipinski definition) is 1. The van der Waals surface area contributed by atoms with Crippen LogP contribution in [0.2, 0.25) is 0 Å². The Morgan fingerprint density at radius 1 is 1.62 bits per heavy atom. The molecule has 0 atom stereocenters. The third-order valence-electron chi connectivity index (χ3n) is 1.48. The van der Waals surface area contributed by atoms with Gasteiger partial charge in [-0.3, -0.25) is 0 Å². The van der Waals surface area contributed by atoms with Crippen molar-refractivity contribution in [3.05, 3.63) is 41.7 Å². The molecule has 1 aromatic carbocycles. The molecule has 1 aromatic rings. The number of halogens is 1. The SMILES string of the molecule is CC(C)=CCOc1cc[c]c(F)c1. The molecule has 2 heteroatoms. The van der Waals surface area contributed by atoms with E-state index in [0.717, 1.165) is 0 Å². The molecule has 0 bridgehead atoms. The Hall–Kier alpha value is -1.31. The normalized spacial score (nSPS) is 9.46. The smallest absolute Gasteiger partial charge is 0.134 e. The molecule has 0 saturated carbocycles. The van der Waals surface area contributed by atoms with Crippen molar-refractivity contribution in [1.82, 2.24) is 0 Å². The average molecular weight is 179 g/mol. The summed E-state index contributed by atoms with van der Waals surface area (Å²) in [6.07, 6.45) is 1.94. The molecular formula is C11H12FO. The molecule has 0 spiro atoms. The van der Waals surface area contributed by atoms with Gasteiger partial charge >= 0.3 is 0 Å². The van der Waals surface area contributed by atoms with Crippen LogP contribution < -0.4 is 4.74 Å². The highest BCUT2D eigenvalue weighted by molar-refractivity contribution is 5.21. The molecular weight excluding hydrogens is 167 g/mol. The van der Waals surface area contributed by atoms with Gasteiger partial charge in [-0.1, -0.05) is 5.57 Å². The van der Waals surface area contributed by atoms with Crippen LogP contribution in [0.1, 0.15) is 13.8 Å². The molecule has 0 N–H and O–H groups in total. The summed E-state index contributed by atoms with van der Waals surface area (Å²) in [7, 11) is 0. The summed E-state index contributed by atoms with van der Waals surface area (Å²) in [6.45, 7) is 4.46. The lowest BCUT2D eigenvalue weighted by atomic mass is 10.3. The first kappa shape index (κ1) is 9.78. The van der Waals surface area contributed by atoms with E-state index >= 15 is 0 Å². The Morgan fingerprint density at radius 3 is 3.00 bits per heavy atom. The largest absolute Gasteiger partial charge is 0.489 e. The second-order valence-corrected chi connectivity index (χ2v) is 2.96. The fourth-order valence-electron chi connectivity index (χ4n) is 0.812. The van der Waals surface area contributed by atoms with Gasteiger partial charge in [0.2, 0.25) is 0 Å². The Bertz CT molecular complexity index is 301. The molecule has 0 fully saturated rings. The summed E-state index contributed by atoms with van der Waals surface area (Å²) in [5.41, 5.74) is 1.18. The van der Waals surface area contributed by atoms with Crippen LogP contribution in [0.4, 0.5) is 4.39 Å². The van der Waals surface area contributed by atoms with Gasteiger partial charge < -0.3 is 4.74 Å². The van der Waals surface area contributed by atoms with Gasteiger partial charge in [-0.15, -0.1) is 0 Å². The van der Waals surface area contributed by atoms with Crippen molar-refractivity contribution in [3.8, 4) is 5.75 Å². The van der Waals surface area contributed by atoms with E-state index in [9.17, 15) is 4.39 Å². The minimum Gasteiger partial charge on any atom is -0.489 e. The summed E-state index contributed by atoms with van der Waals surface area (Å²) in [5.74, 6) is 0.142. The maximum absolute atomic E-state index is 12.6. The van der Waals surface area contributed by atoms with Gasteiger partial charge in [0, 0.05) is 12.1 Å². The molecule has 69 valence electrons. The topological polar surface area (TPSA) is 9.23 Å². The van der Waals surface area contributed by atoms with Crippen LogP contribution in [-0.4, -0.2) is 6.61 Å². The maximum Gasteiger partial charge on any atom is 0.134 e. The van der Waals surface area contributed by atoms with Gasteiger partial charge in [0.25, 0.3) is 0 Å². The molecule has 0 aliphatic rings. The lowest BCUT2D eigenvalue weighted by Gasteiger charge is -2.02. The maximum atomic E-state index is 12.6. The van der Waals surface area contributed by atoms with Crippen LogP contribution in [0.25, 0.3) is 0 Å². The van der Waals surface area contributed by atoms with Crippen LogP contribution >= 0.6 is 0 Å². The van der Waals surface area contributed by atoms with Gasteiger partial charge in [0.1, 0.15) is 18.2 Å². The molecule has 1 rings (SSSR count). The molecule has 0 heterocycles. The van der Waals surface area contributed by atoms with Crippen molar-refractivity contribution in [1.29, 1.82) is 0 Å². The quantitative estimate of drug-likeness (QED) is 0.648. The van der Waals surface area contributed by atoms with Crippen molar-refractivity contribution in [2.75, 3.05) is 6.61 Å². The summed E-state index contributed by atoms with van der Waals surface area (Å²) >= 11 is 0. The van der Waals surface area contributed by atoms with Gasteiger partial charge in [0.05, 0.1) is 0 Å². The predicted octanol–water partition coefficient (Wildman–Crippen LogP) is 2.97. The zero-order valence-electron chi connectivity index (χ0n) is 7.80. The van der Waals surface area contributed by atoms with E-state index in [0.29, 0.717) is 12.4 Å². The van der Waals surface area contributed by atoms with Gasteiger partial charge in [-0.25, -0.2) is 4.39 Å². The molecule has 0 aliphatic carbocycles. The van der Waals surface area contributed by atoms with Crippen LogP contribution in [0.5, 0.6) is 5.75 Å². The summed E-state index contributed by atoms with van der Waals surface area (Å²) in [6, 6.07) is 6.92. The number of ether oxygens (including phenoxy) is 1. The van der Waals surface area contributed by atoms with E-state index in [1.165, 1.54) is 17.7 Å². The third kappa shape index (κ3) is 3.74. The highest BCUT2D eigenvalue weighted by Gasteiger charge is 1.93. The van der Waals surface area contributed by atoms with Gasteiger partial charge in [-0.2, -0.15) is 0 Å². The minimum atomic E-state index is -0.394. The fraction of sp³-hybridized carbons (Fsp3) is 0.273. The highest BCUT2D eigenvalue weighted by atomic mass is 19.1. The Balaban J connectivity index is 2.50. The Morgan fingerprint density at radius 2 is 2.38 bits per heavy atom. The van der Waals surface area contributed by atoms with Crippen molar-refractivity contribution in [2.24, 2.45) is 0 Å². The standard InChI is InChI=1S/C11H12FO/c1-9(2)6-7-13-11-5-3-4-10(12)8-11/h3,5-6,8H,7H2,1-2H3. The van der Waals surface area contributed by atoms with Gasteiger partial charge in [-0.05, 0) is 32.1 Å². The van der Waals surface area contributed by atoms with Crippen molar-refractivity contribution < 1.29 is 9.13 Å². The van der Waals surface area contributed by atoms with Crippen molar-refractivity contribution in [2.45, 2.75) is 13.8 Å². The lowest BCUT2D eigenvalue weighted by Crippen LogP contribution is -1.94. The average Bonchev–Trinajstić information content (AvgIpc) is 2.03. The predicted molar refractivity (Wildman–Crippen MR) is 50.2 cm³/mol. The van der Waals surface area contributed by atoms with E-state index in [2.05, 4.69) is 6.07 Å². The molecule has 0 aromatic heterocycles. The summed E-state index contributed by atoms with van der Waals surface area (Å²) in [4.78, 5) is 0. The van der Waals surface area contributed by atoms with E-state index < -0.39 is 5.82 Å². The number of rotatable bonds is 3. The molecule has 1 radical (unpaired) electrons. The summed E-state index contributed by atoms with van der Waals surface area (Å²) < 4.78 is 17.9. The Labute approximate surface area is 77.8 Å². The first-order valence-corrected chi connectivity index (χ1v) is 4.12. The second kappa shape index (κ2) is 4.65. The fourth-order valence-corrected chi connectivity index (χ4v) is 0.812. The molecule has 0 unspecified atom stereocenters. The molecule has 0 amide bonds. The van der Waals surface area contributed by atoms with Crippen LogP contribution in [-0.2, 0) is 0 Å². The number of hydrogen-bond donors (Lipinski definition) is 0. The monoisotopic (exact) mass is 179 g/mol. The van der Waals surface area contributed by atoms with Crippen LogP contribution in [0.15, 0.2) is 29.8 Å². The van der Waals surface area contributed by atoms with Crippen molar-refractivity contribution >= 4 is 0 Å². The van der Waals surface area contributed by atoms with Gasteiger partial charge in [0.15, 0.2) is 0 Å². The van der Waals surface area contributed by atoms with Crippen LogP contribution in [0.3, 0.4) is 0 Å². The summed E-state index contributed by atoms with van der Waals surface area (Å²) in [5, 5.41) is 0. The first-order valence-electron chi connectivity index (χ1n) is 4.12. The second-order valence-electron chi connectivity index (χ2n) is 2.96. The lowest BCUT2D eigenvalue weighted by molar-refractivity contribution is 0.359. The number of benzene rings is 1. The number of allylic oxidation sites excluding steroid dienone is 1. The molecule has 1 nitrogen and oxygen atoms in total. The first-order chi connectivity index (χ1) is 6.18. The molecule has 13 heavy (non-hydrogen) atoms. The van der Waals surface area contributed by atoms with E-state index in [-0.39, 0.29) is 0 Å². The van der Waals surface area contributed by atoms with Crippen molar-refractivity contribution in [3.63, 3.8) is 0 Å². The zero-order chi connectivity index (χ0) is 9.68. The third-order valence-corrected chi connectivity index (χ3v) is 1.48. The molecule has 0 saturated heterocycles. The highest BCUT2D eigenvalue weighted by Crippen LogP contribution is 2.11. The van der Waals surface area contributed by atoms with E-state index in [4.69, 9.17) is 4.74 Å². The van der Waals surface area contributed by atoms with Crippen LogP contribution in [0, 0.1) is 11.9 Å². The minimum absolute atomic E-state index is 0.394. The molecule has 0 aliphatic heterocycles.